The number of anilines is 1. The van der Waals surface area contributed by atoms with Gasteiger partial charge < -0.3 is 5.32 Å². The molecule has 0 saturated heterocycles. The summed E-state index contributed by atoms with van der Waals surface area (Å²) in [5, 5.41) is 3.10. The summed E-state index contributed by atoms with van der Waals surface area (Å²) in [6.45, 7) is 8.08. The van der Waals surface area contributed by atoms with Crippen LogP contribution in [0, 0.1) is 5.41 Å². The highest BCUT2D eigenvalue weighted by Crippen LogP contribution is 2.70. The van der Waals surface area contributed by atoms with Crippen LogP contribution in [0.5, 0.6) is 0 Å². The molecule has 2 aliphatic rings. The van der Waals surface area contributed by atoms with Crippen molar-refractivity contribution in [2.24, 2.45) is 5.41 Å². The van der Waals surface area contributed by atoms with Gasteiger partial charge in [-0.1, -0.05) is 45.0 Å². The highest BCUT2D eigenvalue weighted by Gasteiger charge is 2.73. The van der Waals surface area contributed by atoms with Crippen LogP contribution in [0.1, 0.15) is 62.3 Å². The Morgan fingerprint density at radius 3 is 2.23 bits per heavy atom. The minimum Gasteiger partial charge on any atom is -0.325 e. The maximum absolute atomic E-state index is 13.9. The number of rotatable bonds is 3. The third-order valence-corrected chi connectivity index (χ3v) is 7.86. The molecule has 1 fully saturated rings. The van der Waals surface area contributed by atoms with Gasteiger partial charge in [-0.15, -0.1) is 0 Å². The topological polar surface area (TPSA) is 72.0 Å². The molecule has 152 valence electrons. The smallest absolute Gasteiger partial charge is 0.237 e. The highest BCUT2D eigenvalue weighted by atomic mass is 16.2. The third kappa shape index (κ3) is 2.18. The van der Waals surface area contributed by atoms with Crippen LogP contribution in [0.3, 0.4) is 0 Å². The van der Waals surface area contributed by atoms with Crippen LogP contribution >= 0.6 is 0 Å². The van der Waals surface area contributed by atoms with Gasteiger partial charge in [-0.2, -0.15) is 0 Å². The number of hydrogen-bond donors (Lipinski definition) is 1. The van der Waals surface area contributed by atoms with E-state index in [0.29, 0.717) is 11.3 Å². The summed E-state index contributed by atoms with van der Waals surface area (Å²) in [7, 11) is 0. The molecule has 30 heavy (non-hydrogen) atoms. The zero-order valence-corrected chi connectivity index (χ0v) is 17.7. The SMILES string of the molecule is CC(=O)c1cccc(NC(=O)[C@@]23CC[C@](C)(c4nc5ccccc5nc42)C3(C)C)c1. The molecule has 2 aromatic carbocycles. The van der Waals surface area contributed by atoms with Crippen LogP contribution in [-0.4, -0.2) is 21.7 Å². The van der Waals surface area contributed by atoms with Gasteiger partial charge in [0.25, 0.3) is 0 Å². The lowest BCUT2D eigenvalue weighted by Crippen LogP contribution is -2.48. The van der Waals surface area contributed by atoms with E-state index in [4.69, 9.17) is 9.97 Å². The number of benzene rings is 2. The molecule has 1 heterocycles. The number of fused-ring (bicyclic) bond motifs is 6. The number of carbonyl (C=O) groups excluding carboxylic acids is 2. The second-order valence-electron chi connectivity index (χ2n) is 9.36. The fourth-order valence-corrected chi connectivity index (χ4v) is 5.60. The van der Waals surface area contributed by atoms with Crippen LogP contribution in [0.15, 0.2) is 48.5 Å². The molecule has 1 saturated carbocycles. The summed E-state index contributed by atoms with van der Waals surface area (Å²) in [5.41, 5.74) is 3.32. The van der Waals surface area contributed by atoms with E-state index in [1.54, 1.807) is 18.2 Å². The number of Topliss-reactive ketones (excluding diaryl/α,β-unsaturated/α-hetero) is 1. The van der Waals surface area contributed by atoms with Crippen LogP contribution in [-0.2, 0) is 15.6 Å². The standard InChI is InChI=1S/C25H25N3O2/c1-15(29)16-8-7-9-17(14-16)26-22(30)25-13-12-24(4,23(25,2)3)20-21(25)28-19-11-6-5-10-18(19)27-20/h5-11,14H,12-13H2,1-4H3,(H,26,30)/t24-,25-/m1/s1. The van der Waals surface area contributed by atoms with Crippen LogP contribution in [0.4, 0.5) is 5.69 Å². The fraction of sp³-hybridized carbons (Fsp3) is 0.360. The van der Waals surface area contributed by atoms with Crippen LogP contribution in [0.25, 0.3) is 11.0 Å². The molecule has 0 unspecified atom stereocenters. The molecule has 2 bridgehead atoms. The van der Waals surface area contributed by atoms with E-state index in [9.17, 15) is 9.59 Å². The highest BCUT2D eigenvalue weighted by molar-refractivity contribution is 6.03. The Bertz CT molecular complexity index is 1230. The first-order valence-electron chi connectivity index (χ1n) is 10.4. The molecule has 5 nitrogen and oxygen atoms in total. The Morgan fingerprint density at radius 1 is 0.900 bits per heavy atom. The number of para-hydroxylation sites is 2. The number of amides is 1. The molecular formula is C25H25N3O2. The summed E-state index contributed by atoms with van der Waals surface area (Å²) >= 11 is 0. The normalized spacial score (nSPS) is 25.9. The van der Waals surface area contributed by atoms with Gasteiger partial charge in [-0.25, -0.2) is 9.97 Å². The lowest BCUT2D eigenvalue weighted by molar-refractivity contribution is -0.125. The second-order valence-corrected chi connectivity index (χ2v) is 9.36. The summed E-state index contributed by atoms with van der Waals surface area (Å²) in [6.07, 6.45) is 1.62. The minimum atomic E-state index is -0.764. The van der Waals surface area contributed by atoms with Crippen molar-refractivity contribution in [3.8, 4) is 0 Å². The molecular weight excluding hydrogens is 374 g/mol. The molecule has 5 rings (SSSR count). The minimum absolute atomic E-state index is 0.0263. The maximum atomic E-state index is 13.9. The molecule has 2 aliphatic carbocycles. The predicted octanol–water partition coefficient (Wildman–Crippen LogP) is 4.80. The van der Waals surface area contributed by atoms with E-state index in [-0.39, 0.29) is 22.5 Å². The predicted molar refractivity (Wildman–Crippen MR) is 117 cm³/mol. The van der Waals surface area contributed by atoms with E-state index >= 15 is 0 Å². The first-order valence-corrected chi connectivity index (χ1v) is 10.4. The summed E-state index contributed by atoms with van der Waals surface area (Å²) in [6, 6.07) is 15.0. The third-order valence-electron chi connectivity index (χ3n) is 7.86. The summed E-state index contributed by atoms with van der Waals surface area (Å²) in [4.78, 5) is 35.6. The van der Waals surface area contributed by atoms with Gasteiger partial charge in [0.1, 0.15) is 0 Å². The van der Waals surface area contributed by atoms with Gasteiger partial charge in [0, 0.05) is 16.7 Å². The Hall–Kier alpha value is -3.08. The first kappa shape index (κ1) is 18.9. The zero-order valence-electron chi connectivity index (χ0n) is 17.7. The Morgan fingerprint density at radius 2 is 1.57 bits per heavy atom. The molecule has 1 aromatic heterocycles. The molecule has 0 aliphatic heterocycles. The average Bonchev–Trinajstić information content (AvgIpc) is 3.02. The zero-order chi connectivity index (χ0) is 21.3. The maximum Gasteiger partial charge on any atom is 0.237 e. The van der Waals surface area contributed by atoms with Gasteiger partial charge in [-0.05, 0) is 49.4 Å². The van der Waals surface area contributed by atoms with Gasteiger partial charge >= 0.3 is 0 Å². The average molecular weight is 399 g/mol. The van der Waals surface area contributed by atoms with E-state index in [0.717, 1.165) is 35.3 Å². The van der Waals surface area contributed by atoms with Crippen molar-refractivity contribution < 1.29 is 9.59 Å². The van der Waals surface area contributed by atoms with Gasteiger partial charge in [0.15, 0.2) is 5.78 Å². The molecule has 0 spiro atoms. The second kappa shape index (κ2) is 5.97. The molecule has 1 amide bonds. The largest absolute Gasteiger partial charge is 0.325 e. The monoisotopic (exact) mass is 399 g/mol. The molecule has 1 N–H and O–H groups in total. The summed E-state index contributed by atoms with van der Waals surface area (Å²) < 4.78 is 0. The van der Waals surface area contributed by atoms with Crippen LogP contribution < -0.4 is 5.32 Å². The number of aromatic nitrogens is 2. The van der Waals surface area contributed by atoms with Crippen molar-refractivity contribution >= 4 is 28.4 Å². The Labute approximate surface area is 175 Å². The first-order chi connectivity index (χ1) is 14.2. The summed E-state index contributed by atoms with van der Waals surface area (Å²) in [5.74, 6) is -0.0955. The van der Waals surface area contributed by atoms with E-state index in [2.05, 4.69) is 26.1 Å². The van der Waals surface area contributed by atoms with Crippen molar-refractivity contribution in [3.63, 3.8) is 0 Å². The Balaban J connectivity index is 1.66. The lowest BCUT2D eigenvalue weighted by atomic mass is 9.63. The van der Waals surface area contributed by atoms with Crippen molar-refractivity contribution in [1.29, 1.82) is 0 Å². The lowest BCUT2D eigenvalue weighted by Gasteiger charge is -2.39. The molecule has 5 heteroatoms. The van der Waals surface area contributed by atoms with E-state index < -0.39 is 5.41 Å². The van der Waals surface area contributed by atoms with Gasteiger partial charge in [0.05, 0.1) is 27.8 Å². The quantitative estimate of drug-likeness (QED) is 0.642. The van der Waals surface area contributed by atoms with Crippen molar-refractivity contribution in [1.82, 2.24) is 9.97 Å². The molecule has 0 radical (unpaired) electrons. The van der Waals surface area contributed by atoms with Crippen LogP contribution in [0.2, 0.25) is 0 Å². The van der Waals surface area contributed by atoms with Crippen molar-refractivity contribution in [2.45, 2.75) is 51.4 Å². The number of carbonyl (C=O) groups is 2. The number of nitrogens with zero attached hydrogens (tertiary/aromatic N) is 2. The fourth-order valence-electron chi connectivity index (χ4n) is 5.60. The van der Waals surface area contributed by atoms with E-state index in [1.807, 2.05) is 30.3 Å². The van der Waals surface area contributed by atoms with E-state index in [1.165, 1.54) is 6.92 Å². The number of nitrogens with one attached hydrogen (secondary N) is 1. The van der Waals surface area contributed by atoms with Gasteiger partial charge in [-0.3, -0.25) is 9.59 Å². The van der Waals surface area contributed by atoms with Crippen molar-refractivity contribution in [2.75, 3.05) is 5.32 Å². The van der Waals surface area contributed by atoms with Gasteiger partial charge in [0.2, 0.25) is 5.91 Å². The molecule has 3 aromatic rings. The Kier molecular flexibility index (Phi) is 3.77. The number of ketones is 1. The molecule has 2 atom stereocenters. The van der Waals surface area contributed by atoms with Crippen molar-refractivity contribution in [3.05, 3.63) is 65.5 Å². The number of hydrogen-bond acceptors (Lipinski definition) is 4.